The first-order valence-corrected chi connectivity index (χ1v) is 7.20. The Balaban J connectivity index is 2.24. The summed E-state index contributed by atoms with van der Waals surface area (Å²) in [5, 5.41) is 3.41. The van der Waals surface area contributed by atoms with E-state index in [1.54, 1.807) is 0 Å². The van der Waals surface area contributed by atoms with E-state index in [1.807, 2.05) is 48.5 Å². The smallest absolute Gasteiger partial charge is 0.327 e. The van der Waals surface area contributed by atoms with Gasteiger partial charge in [0, 0.05) is 6.04 Å². The van der Waals surface area contributed by atoms with Gasteiger partial charge < -0.3 is 4.74 Å². The minimum atomic E-state index is -0.457. The number of carbonyl (C=O) groups is 1. The lowest BCUT2D eigenvalue weighted by Crippen LogP contribution is -2.32. The SMILES string of the molecule is CCC(NC(C(=O)OC)c1ccccc1)c1ccccc1. The second-order valence-electron chi connectivity index (χ2n) is 4.91. The van der Waals surface area contributed by atoms with Gasteiger partial charge in [0.05, 0.1) is 7.11 Å². The van der Waals surface area contributed by atoms with Crippen LogP contribution in [-0.2, 0) is 9.53 Å². The lowest BCUT2D eigenvalue weighted by Gasteiger charge is -2.24. The molecule has 0 heterocycles. The molecule has 2 aromatic rings. The number of benzene rings is 2. The van der Waals surface area contributed by atoms with Crippen LogP contribution in [0.15, 0.2) is 60.7 Å². The maximum atomic E-state index is 12.1. The molecule has 21 heavy (non-hydrogen) atoms. The molecule has 0 saturated heterocycles. The fourth-order valence-corrected chi connectivity index (χ4v) is 2.40. The molecule has 3 heteroatoms. The van der Waals surface area contributed by atoms with Crippen LogP contribution in [0.1, 0.15) is 36.6 Å². The third kappa shape index (κ3) is 3.92. The molecule has 0 aliphatic rings. The van der Waals surface area contributed by atoms with Crippen LogP contribution in [0.5, 0.6) is 0 Å². The molecule has 0 radical (unpaired) electrons. The monoisotopic (exact) mass is 283 g/mol. The molecular weight excluding hydrogens is 262 g/mol. The second kappa shape index (κ2) is 7.60. The van der Waals surface area contributed by atoms with Crippen molar-refractivity contribution in [2.75, 3.05) is 7.11 Å². The predicted octanol–water partition coefficient (Wildman–Crippen LogP) is 3.64. The van der Waals surface area contributed by atoms with Gasteiger partial charge in [-0.25, -0.2) is 4.79 Å². The lowest BCUT2D eigenvalue weighted by molar-refractivity contribution is -0.143. The first-order valence-electron chi connectivity index (χ1n) is 7.20. The third-order valence-corrected chi connectivity index (χ3v) is 3.55. The van der Waals surface area contributed by atoms with Gasteiger partial charge in [-0.05, 0) is 17.5 Å². The van der Waals surface area contributed by atoms with E-state index in [0.717, 1.165) is 12.0 Å². The number of nitrogens with one attached hydrogen (secondary N) is 1. The maximum absolute atomic E-state index is 12.1. The van der Waals surface area contributed by atoms with Crippen molar-refractivity contribution >= 4 is 5.97 Å². The summed E-state index contributed by atoms with van der Waals surface area (Å²) < 4.78 is 4.95. The summed E-state index contributed by atoms with van der Waals surface area (Å²) in [5.41, 5.74) is 2.09. The van der Waals surface area contributed by atoms with Gasteiger partial charge in [-0.15, -0.1) is 0 Å². The Morgan fingerprint density at radius 1 is 1.00 bits per heavy atom. The highest BCUT2D eigenvalue weighted by Gasteiger charge is 2.24. The van der Waals surface area contributed by atoms with Crippen LogP contribution in [0.25, 0.3) is 0 Å². The Bertz CT molecular complexity index is 554. The number of hydrogen-bond donors (Lipinski definition) is 1. The van der Waals surface area contributed by atoms with E-state index in [9.17, 15) is 4.79 Å². The molecule has 0 amide bonds. The van der Waals surface area contributed by atoms with Crippen molar-refractivity contribution in [1.29, 1.82) is 0 Å². The lowest BCUT2D eigenvalue weighted by atomic mass is 10.0. The molecule has 2 rings (SSSR count). The standard InChI is InChI=1S/C18H21NO2/c1-3-16(14-10-6-4-7-11-14)19-17(18(20)21-2)15-12-8-5-9-13-15/h4-13,16-17,19H,3H2,1-2H3. The van der Waals surface area contributed by atoms with Crippen LogP contribution >= 0.6 is 0 Å². The zero-order valence-electron chi connectivity index (χ0n) is 12.5. The number of ether oxygens (including phenoxy) is 1. The first kappa shape index (κ1) is 15.3. The van der Waals surface area contributed by atoms with Crippen molar-refractivity contribution in [1.82, 2.24) is 5.32 Å². The number of carbonyl (C=O) groups excluding carboxylic acids is 1. The highest BCUT2D eigenvalue weighted by atomic mass is 16.5. The van der Waals surface area contributed by atoms with Crippen LogP contribution < -0.4 is 5.32 Å². The molecule has 2 atom stereocenters. The van der Waals surface area contributed by atoms with Gasteiger partial charge in [-0.2, -0.15) is 0 Å². The van der Waals surface area contributed by atoms with Gasteiger partial charge in [-0.1, -0.05) is 67.6 Å². The quantitative estimate of drug-likeness (QED) is 0.823. The summed E-state index contributed by atoms with van der Waals surface area (Å²) in [5.74, 6) is -0.268. The highest BCUT2D eigenvalue weighted by Crippen LogP contribution is 2.23. The van der Waals surface area contributed by atoms with Gasteiger partial charge in [0.2, 0.25) is 0 Å². The number of hydrogen-bond acceptors (Lipinski definition) is 3. The topological polar surface area (TPSA) is 38.3 Å². The van der Waals surface area contributed by atoms with Gasteiger partial charge in [0.15, 0.2) is 0 Å². The van der Waals surface area contributed by atoms with Crippen LogP contribution in [0, 0.1) is 0 Å². The fourth-order valence-electron chi connectivity index (χ4n) is 2.40. The van der Waals surface area contributed by atoms with E-state index >= 15 is 0 Å². The van der Waals surface area contributed by atoms with E-state index in [0.29, 0.717) is 0 Å². The minimum Gasteiger partial charge on any atom is -0.468 e. The average molecular weight is 283 g/mol. The first-order chi connectivity index (χ1) is 10.3. The van der Waals surface area contributed by atoms with Crippen LogP contribution in [0.4, 0.5) is 0 Å². The molecule has 110 valence electrons. The fraction of sp³-hybridized carbons (Fsp3) is 0.278. The van der Waals surface area contributed by atoms with Crippen molar-refractivity contribution in [2.24, 2.45) is 0 Å². The Morgan fingerprint density at radius 3 is 2.00 bits per heavy atom. The molecule has 2 unspecified atom stereocenters. The molecule has 0 saturated carbocycles. The van der Waals surface area contributed by atoms with Gasteiger partial charge in [0.25, 0.3) is 0 Å². The number of rotatable bonds is 6. The normalized spacial score (nSPS) is 13.4. The number of esters is 1. The summed E-state index contributed by atoms with van der Waals surface area (Å²) >= 11 is 0. The Morgan fingerprint density at radius 2 is 1.52 bits per heavy atom. The zero-order chi connectivity index (χ0) is 15.1. The largest absolute Gasteiger partial charge is 0.468 e. The van der Waals surface area contributed by atoms with E-state index < -0.39 is 6.04 Å². The van der Waals surface area contributed by atoms with E-state index in [4.69, 9.17) is 4.74 Å². The molecule has 3 nitrogen and oxygen atoms in total. The Kier molecular flexibility index (Phi) is 5.52. The molecule has 0 aromatic heterocycles. The van der Waals surface area contributed by atoms with E-state index in [-0.39, 0.29) is 12.0 Å². The molecule has 0 spiro atoms. The van der Waals surface area contributed by atoms with Crippen molar-refractivity contribution in [2.45, 2.75) is 25.4 Å². The van der Waals surface area contributed by atoms with Gasteiger partial charge >= 0.3 is 5.97 Å². The average Bonchev–Trinajstić information content (AvgIpc) is 2.57. The highest BCUT2D eigenvalue weighted by molar-refractivity contribution is 5.77. The van der Waals surface area contributed by atoms with Crippen LogP contribution in [-0.4, -0.2) is 13.1 Å². The summed E-state index contributed by atoms with van der Waals surface area (Å²) in [6.07, 6.45) is 0.893. The number of methoxy groups -OCH3 is 1. The Labute approximate surface area is 126 Å². The summed E-state index contributed by atoms with van der Waals surface area (Å²) in [6.45, 7) is 2.10. The molecule has 1 N–H and O–H groups in total. The summed E-state index contributed by atoms with van der Waals surface area (Å²) in [4.78, 5) is 12.1. The third-order valence-electron chi connectivity index (χ3n) is 3.55. The van der Waals surface area contributed by atoms with Crippen molar-refractivity contribution in [3.63, 3.8) is 0 Å². The predicted molar refractivity (Wildman–Crippen MR) is 83.8 cm³/mol. The molecular formula is C18H21NO2. The molecule has 0 aliphatic heterocycles. The second-order valence-corrected chi connectivity index (χ2v) is 4.91. The van der Waals surface area contributed by atoms with Crippen molar-refractivity contribution in [3.05, 3.63) is 71.8 Å². The van der Waals surface area contributed by atoms with E-state index in [1.165, 1.54) is 12.7 Å². The minimum absolute atomic E-state index is 0.107. The molecule has 0 fully saturated rings. The van der Waals surface area contributed by atoms with Crippen molar-refractivity contribution < 1.29 is 9.53 Å². The summed E-state index contributed by atoms with van der Waals surface area (Å²) in [6, 6.07) is 19.5. The van der Waals surface area contributed by atoms with E-state index in [2.05, 4.69) is 24.4 Å². The van der Waals surface area contributed by atoms with Crippen molar-refractivity contribution in [3.8, 4) is 0 Å². The Hall–Kier alpha value is -2.13. The zero-order valence-corrected chi connectivity index (χ0v) is 12.5. The van der Waals surface area contributed by atoms with Crippen LogP contribution in [0.3, 0.4) is 0 Å². The summed E-state index contributed by atoms with van der Waals surface area (Å²) in [7, 11) is 1.42. The molecule has 0 bridgehead atoms. The van der Waals surface area contributed by atoms with Crippen LogP contribution in [0.2, 0.25) is 0 Å². The van der Waals surface area contributed by atoms with Gasteiger partial charge in [0.1, 0.15) is 6.04 Å². The van der Waals surface area contributed by atoms with Gasteiger partial charge in [-0.3, -0.25) is 5.32 Å². The molecule has 0 aliphatic carbocycles. The maximum Gasteiger partial charge on any atom is 0.327 e. The molecule has 2 aromatic carbocycles.